The van der Waals surface area contributed by atoms with Crippen LogP contribution in [0.4, 0.5) is 11.4 Å². The number of rotatable bonds is 5. The van der Waals surface area contributed by atoms with Crippen LogP contribution in [-0.4, -0.2) is 33.8 Å². The van der Waals surface area contributed by atoms with Gasteiger partial charge in [0, 0.05) is 23.5 Å². The summed E-state index contributed by atoms with van der Waals surface area (Å²) >= 11 is 0. The molecule has 1 amide bonds. The molecule has 26 heavy (non-hydrogen) atoms. The van der Waals surface area contributed by atoms with Gasteiger partial charge in [-0.3, -0.25) is 4.79 Å². The smallest absolute Gasteiger partial charge is 0.255 e. The number of halogens is 1. The molecular formula is C19H23ClN2O4. The number of carbonyl (C=O) groups is 1. The van der Waals surface area contributed by atoms with E-state index in [2.05, 4.69) is 10.6 Å². The third kappa shape index (κ3) is 3.96. The number of hydrogen-bond donors (Lipinski definition) is 2. The Bertz CT molecular complexity index is 770. The van der Waals surface area contributed by atoms with Gasteiger partial charge < -0.3 is 24.8 Å². The Morgan fingerprint density at radius 3 is 2.35 bits per heavy atom. The van der Waals surface area contributed by atoms with E-state index in [9.17, 15) is 4.79 Å². The van der Waals surface area contributed by atoms with Crippen molar-refractivity contribution in [2.45, 2.75) is 12.8 Å². The van der Waals surface area contributed by atoms with Gasteiger partial charge in [0.25, 0.3) is 5.91 Å². The highest BCUT2D eigenvalue weighted by atomic mass is 35.5. The fourth-order valence-corrected chi connectivity index (χ4v) is 2.97. The number of benzene rings is 2. The molecule has 7 heteroatoms. The second kappa shape index (κ2) is 8.67. The highest BCUT2D eigenvalue weighted by Crippen LogP contribution is 2.38. The van der Waals surface area contributed by atoms with Crippen molar-refractivity contribution in [2.24, 2.45) is 0 Å². The van der Waals surface area contributed by atoms with E-state index < -0.39 is 0 Å². The molecule has 0 aliphatic carbocycles. The fraction of sp³-hybridized carbons (Fsp3) is 0.316. The number of aryl methyl sites for hydroxylation is 1. The molecule has 0 aromatic heterocycles. The lowest BCUT2D eigenvalue weighted by molar-refractivity contribution is 0.102. The van der Waals surface area contributed by atoms with E-state index in [1.807, 2.05) is 18.2 Å². The standard InChI is InChI=1S/C19H22N2O4.ClH/c1-23-16-10-13(11-17(24-2)18(16)25-3)19(22)21-14-6-7-15-12(9-14)5-4-8-20-15;/h6-7,9-11,20H,4-5,8H2,1-3H3,(H,21,22);1H. The molecule has 1 aliphatic rings. The van der Waals surface area contributed by atoms with E-state index in [1.165, 1.54) is 26.9 Å². The van der Waals surface area contributed by atoms with Gasteiger partial charge in [0.05, 0.1) is 21.3 Å². The molecule has 3 rings (SSSR count). The maximum Gasteiger partial charge on any atom is 0.255 e. The summed E-state index contributed by atoms with van der Waals surface area (Å²) in [5.74, 6) is 1.12. The van der Waals surface area contributed by atoms with Gasteiger partial charge in [0.2, 0.25) is 5.75 Å². The quantitative estimate of drug-likeness (QED) is 0.829. The van der Waals surface area contributed by atoms with E-state index in [1.54, 1.807) is 12.1 Å². The lowest BCUT2D eigenvalue weighted by Gasteiger charge is -2.19. The summed E-state index contributed by atoms with van der Waals surface area (Å²) in [5, 5.41) is 6.29. The Balaban J connectivity index is 0.00000243. The van der Waals surface area contributed by atoms with Crippen molar-refractivity contribution in [2.75, 3.05) is 38.5 Å². The first-order valence-electron chi connectivity index (χ1n) is 8.14. The molecule has 6 nitrogen and oxygen atoms in total. The van der Waals surface area contributed by atoms with Crippen molar-refractivity contribution in [1.29, 1.82) is 0 Å². The Labute approximate surface area is 159 Å². The van der Waals surface area contributed by atoms with Crippen LogP contribution in [0.15, 0.2) is 30.3 Å². The van der Waals surface area contributed by atoms with Crippen molar-refractivity contribution < 1.29 is 19.0 Å². The molecule has 1 aliphatic heterocycles. The van der Waals surface area contributed by atoms with E-state index in [0.29, 0.717) is 22.8 Å². The molecule has 1 heterocycles. The van der Waals surface area contributed by atoms with Gasteiger partial charge in [-0.05, 0) is 48.7 Å². The molecule has 140 valence electrons. The summed E-state index contributed by atoms with van der Waals surface area (Å²) in [4.78, 5) is 12.6. The van der Waals surface area contributed by atoms with E-state index in [4.69, 9.17) is 14.2 Å². The second-order valence-electron chi connectivity index (χ2n) is 5.77. The zero-order valence-corrected chi connectivity index (χ0v) is 15.9. The van der Waals surface area contributed by atoms with Gasteiger partial charge >= 0.3 is 0 Å². The maximum atomic E-state index is 12.6. The summed E-state index contributed by atoms with van der Waals surface area (Å²) in [6, 6.07) is 9.18. The molecule has 0 unspecified atom stereocenters. The first-order chi connectivity index (χ1) is 12.2. The number of nitrogens with one attached hydrogen (secondary N) is 2. The van der Waals surface area contributed by atoms with Crippen LogP contribution in [0.2, 0.25) is 0 Å². The Hall–Kier alpha value is -2.60. The molecule has 0 atom stereocenters. The number of amides is 1. The van der Waals surface area contributed by atoms with Crippen LogP contribution in [0.5, 0.6) is 17.2 Å². The van der Waals surface area contributed by atoms with E-state index in [-0.39, 0.29) is 18.3 Å². The van der Waals surface area contributed by atoms with Crippen LogP contribution >= 0.6 is 12.4 Å². The Kier molecular flexibility index (Phi) is 6.58. The predicted octanol–water partition coefficient (Wildman–Crippen LogP) is 3.74. The van der Waals surface area contributed by atoms with Crippen LogP contribution < -0.4 is 24.8 Å². The van der Waals surface area contributed by atoms with E-state index >= 15 is 0 Å². The van der Waals surface area contributed by atoms with Crippen LogP contribution in [0, 0.1) is 0 Å². The Morgan fingerprint density at radius 1 is 1.04 bits per heavy atom. The first-order valence-corrected chi connectivity index (χ1v) is 8.14. The average molecular weight is 379 g/mol. The molecule has 0 saturated heterocycles. The monoisotopic (exact) mass is 378 g/mol. The number of methoxy groups -OCH3 is 3. The minimum absolute atomic E-state index is 0. The molecule has 2 N–H and O–H groups in total. The minimum atomic E-state index is -0.233. The van der Waals surface area contributed by atoms with Gasteiger partial charge in [-0.25, -0.2) is 0 Å². The molecule has 0 spiro atoms. The normalized spacial score (nSPS) is 12.1. The molecule has 2 aromatic rings. The number of ether oxygens (including phenoxy) is 3. The van der Waals surface area contributed by atoms with Crippen molar-refractivity contribution >= 4 is 29.7 Å². The summed E-state index contributed by atoms with van der Waals surface area (Å²) in [7, 11) is 4.58. The van der Waals surface area contributed by atoms with E-state index in [0.717, 1.165) is 30.8 Å². The highest BCUT2D eigenvalue weighted by Gasteiger charge is 2.17. The second-order valence-corrected chi connectivity index (χ2v) is 5.77. The number of fused-ring (bicyclic) bond motifs is 1. The number of anilines is 2. The van der Waals surface area contributed by atoms with Crippen LogP contribution in [0.25, 0.3) is 0 Å². The third-order valence-corrected chi connectivity index (χ3v) is 4.23. The SMILES string of the molecule is COc1cc(C(=O)Nc2ccc3c(c2)CCCN3)cc(OC)c1OC.Cl. The number of hydrogen-bond acceptors (Lipinski definition) is 5. The summed E-state index contributed by atoms with van der Waals surface area (Å²) in [6.45, 7) is 0.990. The third-order valence-electron chi connectivity index (χ3n) is 4.23. The summed E-state index contributed by atoms with van der Waals surface area (Å²) in [6.07, 6.45) is 2.10. The van der Waals surface area contributed by atoms with Gasteiger partial charge in [-0.15, -0.1) is 12.4 Å². The molecule has 2 aromatic carbocycles. The molecule has 0 radical (unpaired) electrons. The molecule has 0 fully saturated rings. The fourth-order valence-electron chi connectivity index (χ4n) is 2.97. The van der Waals surface area contributed by atoms with Gasteiger partial charge in [-0.1, -0.05) is 0 Å². The average Bonchev–Trinajstić information content (AvgIpc) is 2.66. The lowest BCUT2D eigenvalue weighted by atomic mass is 10.0. The molecule has 0 saturated carbocycles. The summed E-state index contributed by atoms with van der Waals surface area (Å²) < 4.78 is 15.9. The minimum Gasteiger partial charge on any atom is -0.493 e. The van der Waals surface area contributed by atoms with Crippen molar-refractivity contribution in [1.82, 2.24) is 0 Å². The van der Waals surface area contributed by atoms with Gasteiger partial charge in [0.15, 0.2) is 11.5 Å². The first kappa shape index (κ1) is 19.7. The van der Waals surface area contributed by atoms with Crippen molar-refractivity contribution in [3.05, 3.63) is 41.5 Å². The number of carbonyl (C=O) groups excluding carboxylic acids is 1. The van der Waals surface area contributed by atoms with Crippen LogP contribution in [0.3, 0.4) is 0 Å². The highest BCUT2D eigenvalue weighted by molar-refractivity contribution is 6.05. The molecular weight excluding hydrogens is 356 g/mol. The predicted molar refractivity (Wildman–Crippen MR) is 105 cm³/mol. The zero-order valence-electron chi connectivity index (χ0n) is 15.0. The molecule has 0 bridgehead atoms. The Morgan fingerprint density at radius 2 is 1.73 bits per heavy atom. The van der Waals surface area contributed by atoms with Gasteiger partial charge in [0.1, 0.15) is 0 Å². The van der Waals surface area contributed by atoms with Gasteiger partial charge in [-0.2, -0.15) is 0 Å². The topological polar surface area (TPSA) is 68.8 Å². The van der Waals surface area contributed by atoms with Crippen molar-refractivity contribution in [3.63, 3.8) is 0 Å². The summed E-state index contributed by atoms with van der Waals surface area (Å²) in [5.41, 5.74) is 3.55. The zero-order chi connectivity index (χ0) is 17.8. The van der Waals surface area contributed by atoms with Crippen LogP contribution in [0.1, 0.15) is 22.3 Å². The maximum absolute atomic E-state index is 12.6. The largest absolute Gasteiger partial charge is 0.493 e. The van der Waals surface area contributed by atoms with Crippen molar-refractivity contribution in [3.8, 4) is 17.2 Å². The lowest BCUT2D eigenvalue weighted by Crippen LogP contribution is -2.15. The van der Waals surface area contributed by atoms with Crippen LogP contribution in [-0.2, 0) is 6.42 Å².